The van der Waals surface area contributed by atoms with E-state index in [4.69, 9.17) is 4.74 Å². The van der Waals surface area contributed by atoms with Crippen molar-refractivity contribution in [3.05, 3.63) is 90.0 Å². The van der Waals surface area contributed by atoms with Gasteiger partial charge in [0.2, 0.25) is 11.8 Å². The molecule has 0 bridgehead atoms. The molecule has 0 saturated carbocycles. The van der Waals surface area contributed by atoms with Crippen molar-refractivity contribution in [2.45, 2.75) is 38.3 Å². The van der Waals surface area contributed by atoms with Crippen LogP contribution in [0.2, 0.25) is 0 Å². The van der Waals surface area contributed by atoms with Crippen LogP contribution in [0, 0.1) is 6.92 Å². The minimum atomic E-state index is -4.15. The normalized spacial score (nSPS) is 11.9. The zero-order valence-corrected chi connectivity index (χ0v) is 22.4. The van der Waals surface area contributed by atoms with Crippen molar-refractivity contribution in [3.8, 4) is 5.75 Å². The van der Waals surface area contributed by atoms with Crippen molar-refractivity contribution in [1.82, 2.24) is 10.2 Å². The van der Waals surface area contributed by atoms with Gasteiger partial charge in [-0.05, 0) is 56.2 Å². The molecule has 0 radical (unpaired) electrons. The van der Waals surface area contributed by atoms with E-state index >= 15 is 0 Å². The number of para-hydroxylation sites is 2. The molecule has 196 valence electrons. The predicted molar refractivity (Wildman–Crippen MR) is 144 cm³/mol. The second kappa shape index (κ2) is 12.4. The van der Waals surface area contributed by atoms with Gasteiger partial charge in [0, 0.05) is 13.6 Å². The lowest BCUT2D eigenvalue weighted by Crippen LogP contribution is -2.50. The first-order chi connectivity index (χ1) is 17.7. The molecule has 0 fully saturated rings. The van der Waals surface area contributed by atoms with Crippen molar-refractivity contribution in [3.63, 3.8) is 0 Å². The minimum absolute atomic E-state index is 0.0407. The molecule has 37 heavy (non-hydrogen) atoms. The summed E-state index contributed by atoms with van der Waals surface area (Å²) in [6, 6.07) is 21.4. The summed E-state index contributed by atoms with van der Waals surface area (Å²) in [5.41, 5.74) is 2.06. The van der Waals surface area contributed by atoms with E-state index in [0.717, 1.165) is 15.4 Å². The van der Waals surface area contributed by atoms with Gasteiger partial charge in [0.25, 0.3) is 10.0 Å². The second-order valence-electron chi connectivity index (χ2n) is 8.46. The molecule has 1 atom stereocenters. The number of aryl methyl sites for hydroxylation is 1. The highest BCUT2D eigenvalue weighted by atomic mass is 32.2. The smallest absolute Gasteiger partial charge is 0.264 e. The van der Waals surface area contributed by atoms with Gasteiger partial charge in [-0.15, -0.1) is 0 Å². The minimum Gasteiger partial charge on any atom is -0.492 e. The monoisotopic (exact) mass is 523 g/mol. The van der Waals surface area contributed by atoms with Gasteiger partial charge in [-0.2, -0.15) is 0 Å². The topological polar surface area (TPSA) is 96.0 Å². The van der Waals surface area contributed by atoms with Gasteiger partial charge in [0.1, 0.15) is 18.3 Å². The van der Waals surface area contributed by atoms with Crippen LogP contribution in [0.15, 0.2) is 83.8 Å². The highest BCUT2D eigenvalue weighted by molar-refractivity contribution is 7.92. The summed E-state index contributed by atoms with van der Waals surface area (Å²) in [7, 11) is -2.65. The van der Waals surface area contributed by atoms with Gasteiger partial charge in [-0.25, -0.2) is 8.42 Å². The van der Waals surface area contributed by atoms with E-state index in [1.165, 1.54) is 24.1 Å². The quantitative estimate of drug-likeness (QED) is 0.413. The third kappa shape index (κ3) is 6.48. The van der Waals surface area contributed by atoms with E-state index in [0.29, 0.717) is 12.4 Å². The van der Waals surface area contributed by atoms with Crippen LogP contribution in [0.25, 0.3) is 0 Å². The van der Waals surface area contributed by atoms with Crippen molar-refractivity contribution in [1.29, 1.82) is 0 Å². The number of amides is 2. The Bertz CT molecular complexity index is 1330. The molecule has 8 nitrogen and oxygen atoms in total. The average molecular weight is 524 g/mol. The molecular weight excluding hydrogens is 490 g/mol. The third-order valence-corrected chi connectivity index (χ3v) is 7.83. The molecule has 2 amide bonds. The first kappa shape index (κ1) is 27.7. The molecule has 3 aromatic carbocycles. The Morgan fingerprint density at radius 3 is 2.22 bits per heavy atom. The number of likely N-dealkylation sites (N-methyl/N-ethyl adjacent to an activating group) is 1. The highest BCUT2D eigenvalue weighted by Crippen LogP contribution is 2.32. The van der Waals surface area contributed by atoms with Gasteiger partial charge in [-0.3, -0.25) is 13.9 Å². The Kier molecular flexibility index (Phi) is 9.30. The molecule has 0 aliphatic carbocycles. The number of carbonyl (C=O) groups is 2. The SMILES string of the molecule is CCOc1ccccc1N(CC(=O)N(Cc1ccccc1C)[C@H](C)C(=O)NC)S(=O)(=O)c1ccccc1. The van der Waals surface area contributed by atoms with Crippen LogP contribution in [-0.2, 0) is 26.2 Å². The Balaban J connectivity index is 2.08. The van der Waals surface area contributed by atoms with Gasteiger partial charge in [0.05, 0.1) is 17.2 Å². The standard InChI is InChI=1S/C28H33N3O5S/c1-5-36-26-18-12-11-17-25(26)31(37(34,35)24-15-7-6-8-16-24)20-27(32)30(22(3)28(33)29-4)19-23-14-10-9-13-21(23)2/h6-18,22H,5,19-20H2,1-4H3,(H,29,33)/t22-/m1/s1. The fraction of sp³-hybridized carbons (Fsp3) is 0.286. The predicted octanol–water partition coefficient (Wildman–Crippen LogP) is 3.75. The highest BCUT2D eigenvalue weighted by Gasteiger charge is 2.33. The molecule has 0 saturated heterocycles. The zero-order chi connectivity index (χ0) is 27.0. The van der Waals surface area contributed by atoms with E-state index in [1.807, 2.05) is 31.2 Å². The number of hydrogen-bond acceptors (Lipinski definition) is 5. The number of nitrogens with zero attached hydrogens (tertiary/aromatic N) is 2. The van der Waals surface area contributed by atoms with Crippen molar-refractivity contribution < 1.29 is 22.7 Å². The molecule has 9 heteroatoms. The Morgan fingerprint density at radius 1 is 0.946 bits per heavy atom. The zero-order valence-electron chi connectivity index (χ0n) is 21.5. The molecular formula is C28H33N3O5S. The first-order valence-corrected chi connectivity index (χ1v) is 13.5. The molecule has 0 unspecified atom stereocenters. The maximum atomic E-state index is 13.9. The summed E-state index contributed by atoms with van der Waals surface area (Å²) in [5, 5.41) is 2.58. The fourth-order valence-corrected chi connectivity index (χ4v) is 5.38. The van der Waals surface area contributed by atoms with E-state index in [1.54, 1.807) is 56.3 Å². The number of sulfonamides is 1. The van der Waals surface area contributed by atoms with Crippen LogP contribution in [0.4, 0.5) is 5.69 Å². The van der Waals surface area contributed by atoms with Gasteiger partial charge >= 0.3 is 0 Å². The summed E-state index contributed by atoms with van der Waals surface area (Å²) < 4.78 is 34.4. The number of rotatable bonds is 11. The van der Waals surface area contributed by atoms with Crippen LogP contribution in [0.3, 0.4) is 0 Å². The molecule has 0 aliphatic rings. The maximum Gasteiger partial charge on any atom is 0.264 e. The first-order valence-electron chi connectivity index (χ1n) is 12.1. The summed E-state index contributed by atoms with van der Waals surface area (Å²) in [6.45, 7) is 5.29. The summed E-state index contributed by atoms with van der Waals surface area (Å²) in [5.74, 6) is -0.540. The fourth-order valence-electron chi connectivity index (χ4n) is 3.94. The van der Waals surface area contributed by atoms with E-state index in [9.17, 15) is 18.0 Å². The molecule has 0 heterocycles. The van der Waals surface area contributed by atoms with Crippen molar-refractivity contribution in [2.75, 3.05) is 24.5 Å². The molecule has 1 N–H and O–H groups in total. The summed E-state index contributed by atoms with van der Waals surface area (Å²) >= 11 is 0. The number of anilines is 1. The van der Waals surface area contributed by atoms with E-state index in [2.05, 4.69) is 5.32 Å². The lowest BCUT2D eigenvalue weighted by Gasteiger charge is -2.32. The van der Waals surface area contributed by atoms with Crippen molar-refractivity contribution >= 4 is 27.5 Å². The largest absolute Gasteiger partial charge is 0.492 e. The number of hydrogen-bond donors (Lipinski definition) is 1. The van der Waals surface area contributed by atoms with Gasteiger partial charge in [0.15, 0.2) is 0 Å². The summed E-state index contributed by atoms with van der Waals surface area (Å²) in [4.78, 5) is 27.9. The Morgan fingerprint density at radius 2 is 1.57 bits per heavy atom. The van der Waals surface area contributed by atoms with Gasteiger partial charge in [-0.1, -0.05) is 54.6 Å². The number of carbonyl (C=O) groups excluding carboxylic acids is 2. The lowest BCUT2D eigenvalue weighted by molar-refractivity contribution is -0.139. The Hall–Kier alpha value is -3.85. The van der Waals surface area contributed by atoms with Gasteiger partial charge < -0.3 is 15.0 Å². The molecule has 0 aromatic heterocycles. The Labute approximate surface area is 218 Å². The average Bonchev–Trinajstić information content (AvgIpc) is 2.91. The van der Waals surface area contributed by atoms with Crippen LogP contribution < -0.4 is 14.4 Å². The van der Waals surface area contributed by atoms with Crippen LogP contribution in [0.1, 0.15) is 25.0 Å². The number of ether oxygens (including phenoxy) is 1. The van der Waals surface area contributed by atoms with E-state index < -0.39 is 28.5 Å². The lowest BCUT2D eigenvalue weighted by atomic mass is 10.1. The van der Waals surface area contributed by atoms with Crippen molar-refractivity contribution in [2.24, 2.45) is 0 Å². The maximum absolute atomic E-state index is 13.9. The van der Waals surface area contributed by atoms with Crippen LogP contribution >= 0.6 is 0 Å². The molecule has 0 aliphatic heterocycles. The summed E-state index contributed by atoms with van der Waals surface area (Å²) in [6.07, 6.45) is 0. The number of nitrogens with one attached hydrogen (secondary N) is 1. The van der Waals surface area contributed by atoms with E-state index in [-0.39, 0.29) is 23.0 Å². The number of benzene rings is 3. The molecule has 3 rings (SSSR count). The van der Waals surface area contributed by atoms with Crippen LogP contribution in [-0.4, -0.2) is 51.4 Å². The third-order valence-electron chi connectivity index (χ3n) is 6.06. The molecule has 0 spiro atoms. The van der Waals surface area contributed by atoms with Crippen LogP contribution in [0.5, 0.6) is 5.75 Å². The molecule has 3 aromatic rings. The second-order valence-corrected chi connectivity index (χ2v) is 10.3.